The van der Waals surface area contributed by atoms with Gasteiger partial charge in [-0.05, 0) is 37.9 Å². The molecule has 0 spiro atoms. The van der Waals surface area contributed by atoms with E-state index in [0.717, 1.165) is 51.0 Å². The molecule has 1 aromatic heterocycles. The molecule has 2 aliphatic rings. The number of carbonyl (C=O) groups is 1. The Bertz CT molecular complexity index is 552. The minimum Gasteiger partial charge on any atom is -0.474 e. The second-order valence-electron chi connectivity index (χ2n) is 6.73. The molecule has 0 aliphatic carbocycles. The summed E-state index contributed by atoms with van der Waals surface area (Å²) in [4.78, 5) is 16.6. The van der Waals surface area contributed by atoms with E-state index in [4.69, 9.17) is 9.47 Å². The van der Waals surface area contributed by atoms with E-state index in [-0.39, 0.29) is 30.3 Å². The maximum Gasteiger partial charge on any atom is 0.223 e. The van der Waals surface area contributed by atoms with Gasteiger partial charge in [0.15, 0.2) is 0 Å². The lowest BCUT2D eigenvalue weighted by Gasteiger charge is -2.27. The van der Waals surface area contributed by atoms with E-state index in [1.54, 1.807) is 6.20 Å². The Balaban J connectivity index is 0.00000225. The number of nitrogens with zero attached hydrogens (tertiary/aromatic N) is 1. The van der Waals surface area contributed by atoms with Crippen LogP contribution in [0.2, 0.25) is 0 Å². The van der Waals surface area contributed by atoms with Crippen LogP contribution < -0.4 is 15.4 Å². The second kappa shape index (κ2) is 9.94. The van der Waals surface area contributed by atoms with Crippen LogP contribution in [0.25, 0.3) is 0 Å². The zero-order valence-electron chi connectivity index (χ0n) is 14.7. The number of amides is 1. The Labute approximate surface area is 155 Å². The number of halogens is 1. The molecule has 1 amide bonds. The van der Waals surface area contributed by atoms with Crippen LogP contribution in [0, 0.1) is 5.92 Å². The van der Waals surface area contributed by atoms with Gasteiger partial charge in [-0.3, -0.25) is 4.79 Å². The van der Waals surface area contributed by atoms with Crippen LogP contribution in [0.4, 0.5) is 0 Å². The van der Waals surface area contributed by atoms with Gasteiger partial charge in [0.2, 0.25) is 11.8 Å². The zero-order valence-corrected chi connectivity index (χ0v) is 15.5. The smallest absolute Gasteiger partial charge is 0.223 e. The van der Waals surface area contributed by atoms with E-state index in [0.29, 0.717) is 18.5 Å². The van der Waals surface area contributed by atoms with Gasteiger partial charge in [-0.25, -0.2) is 4.98 Å². The Morgan fingerprint density at radius 1 is 1.40 bits per heavy atom. The molecule has 2 N–H and O–H groups in total. The Morgan fingerprint density at radius 2 is 2.20 bits per heavy atom. The first-order valence-corrected chi connectivity index (χ1v) is 8.91. The maximum absolute atomic E-state index is 12.3. The van der Waals surface area contributed by atoms with Crippen molar-refractivity contribution in [2.75, 3.05) is 19.8 Å². The van der Waals surface area contributed by atoms with Crippen LogP contribution in [0.5, 0.6) is 5.88 Å². The van der Waals surface area contributed by atoms with Crippen molar-refractivity contribution < 1.29 is 14.3 Å². The maximum atomic E-state index is 12.3. The van der Waals surface area contributed by atoms with Crippen molar-refractivity contribution in [3.8, 4) is 5.88 Å². The number of piperidine rings is 1. The molecule has 6 nitrogen and oxygen atoms in total. The van der Waals surface area contributed by atoms with E-state index in [1.165, 1.54) is 0 Å². The second-order valence-corrected chi connectivity index (χ2v) is 6.73. The normalized spacial score (nSPS) is 24.2. The van der Waals surface area contributed by atoms with Crippen molar-refractivity contribution in [1.29, 1.82) is 0 Å². The molecule has 2 saturated heterocycles. The third-order valence-electron chi connectivity index (χ3n) is 4.72. The SMILES string of the molecule is C[C@H]1C[C@@H](C(=O)NCc2ccnc(OC3CCOCC3)c2)CCN1.Cl. The lowest BCUT2D eigenvalue weighted by atomic mass is 9.92. The number of carbonyl (C=O) groups excluding carboxylic acids is 1. The molecule has 7 heteroatoms. The molecule has 2 atom stereocenters. The van der Waals surface area contributed by atoms with Gasteiger partial charge in [0.05, 0.1) is 13.2 Å². The molecule has 140 valence electrons. The predicted molar refractivity (Wildman–Crippen MR) is 98.0 cm³/mol. The Morgan fingerprint density at radius 3 is 2.96 bits per heavy atom. The van der Waals surface area contributed by atoms with Gasteiger partial charge in [0, 0.05) is 43.6 Å². The van der Waals surface area contributed by atoms with Crippen molar-refractivity contribution >= 4 is 18.3 Å². The first kappa shape index (κ1) is 19.9. The molecule has 0 radical (unpaired) electrons. The molecule has 1 aromatic rings. The van der Waals surface area contributed by atoms with Crippen molar-refractivity contribution in [3.63, 3.8) is 0 Å². The fraction of sp³-hybridized carbons (Fsp3) is 0.667. The number of nitrogens with one attached hydrogen (secondary N) is 2. The van der Waals surface area contributed by atoms with Crippen molar-refractivity contribution in [1.82, 2.24) is 15.6 Å². The number of rotatable bonds is 5. The van der Waals surface area contributed by atoms with Crippen molar-refractivity contribution in [3.05, 3.63) is 23.9 Å². The monoisotopic (exact) mass is 369 g/mol. The van der Waals surface area contributed by atoms with E-state index < -0.39 is 0 Å². The summed E-state index contributed by atoms with van der Waals surface area (Å²) >= 11 is 0. The first-order valence-electron chi connectivity index (χ1n) is 8.91. The van der Waals surface area contributed by atoms with Gasteiger partial charge >= 0.3 is 0 Å². The number of hydrogen-bond acceptors (Lipinski definition) is 5. The highest BCUT2D eigenvalue weighted by molar-refractivity contribution is 5.85. The highest BCUT2D eigenvalue weighted by atomic mass is 35.5. The van der Waals surface area contributed by atoms with E-state index in [2.05, 4.69) is 22.5 Å². The molecule has 0 unspecified atom stereocenters. The van der Waals surface area contributed by atoms with Crippen LogP contribution in [-0.4, -0.2) is 42.8 Å². The number of aromatic nitrogens is 1. The quantitative estimate of drug-likeness (QED) is 0.831. The highest BCUT2D eigenvalue weighted by Crippen LogP contribution is 2.18. The number of hydrogen-bond donors (Lipinski definition) is 2. The molecular weight excluding hydrogens is 342 g/mol. The van der Waals surface area contributed by atoms with E-state index in [1.807, 2.05) is 12.1 Å². The summed E-state index contributed by atoms with van der Waals surface area (Å²) in [6.45, 7) is 5.05. The van der Waals surface area contributed by atoms with Gasteiger partial charge in [-0.2, -0.15) is 0 Å². The molecule has 2 aliphatic heterocycles. The minimum absolute atomic E-state index is 0. The molecule has 2 fully saturated rings. The van der Waals surface area contributed by atoms with Gasteiger partial charge in [0.1, 0.15) is 6.10 Å². The minimum atomic E-state index is 0. The topological polar surface area (TPSA) is 72.5 Å². The number of ether oxygens (including phenoxy) is 2. The average molecular weight is 370 g/mol. The summed E-state index contributed by atoms with van der Waals surface area (Å²) in [5, 5.41) is 6.42. The Hall–Kier alpha value is -1.37. The third-order valence-corrected chi connectivity index (χ3v) is 4.72. The first-order chi connectivity index (χ1) is 11.7. The van der Waals surface area contributed by atoms with Crippen LogP contribution in [-0.2, 0) is 16.1 Å². The van der Waals surface area contributed by atoms with Gasteiger partial charge in [0.25, 0.3) is 0 Å². The summed E-state index contributed by atoms with van der Waals surface area (Å²) < 4.78 is 11.3. The fourth-order valence-electron chi connectivity index (χ4n) is 3.29. The average Bonchev–Trinajstić information content (AvgIpc) is 2.61. The lowest BCUT2D eigenvalue weighted by Crippen LogP contribution is -2.42. The molecule has 0 saturated carbocycles. The van der Waals surface area contributed by atoms with Crippen LogP contribution in [0.3, 0.4) is 0 Å². The van der Waals surface area contributed by atoms with E-state index in [9.17, 15) is 4.79 Å². The summed E-state index contributed by atoms with van der Waals surface area (Å²) in [5.41, 5.74) is 1.02. The number of pyridine rings is 1. The molecule has 25 heavy (non-hydrogen) atoms. The molecule has 0 bridgehead atoms. The molecular formula is C18H28ClN3O3. The molecule has 3 rings (SSSR count). The van der Waals surface area contributed by atoms with Crippen LogP contribution >= 0.6 is 12.4 Å². The van der Waals surface area contributed by atoms with Crippen LogP contribution in [0.1, 0.15) is 38.2 Å². The standard InChI is InChI=1S/C18H27N3O3.ClH/c1-13-10-15(3-7-19-13)18(22)21-12-14-2-6-20-17(11-14)24-16-4-8-23-9-5-16;/h2,6,11,13,15-16,19H,3-5,7-10,12H2,1H3,(H,21,22);1H/t13-,15-;/m0./s1. The third kappa shape index (κ3) is 6.13. The summed E-state index contributed by atoms with van der Waals surface area (Å²) in [6.07, 6.45) is 5.52. The summed E-state index contributed by atoms with van der Waals surface area (Å²) in [6, 6.07) is 4.25. The molecule has 0 aromatic carbocycles. The fourth-order valence-corrected chi connectivity index (χ4v) is 3.29. The highest BCUT2D eigenvalue weighted by Gasteiger charge is 2.24. The molecule has 3 heterocycles. The van der Waals surface area contributed by atoms with Gasteiger partial charge in [-0.15, -0.1) is 12.4 Å². The van der Waals surface area contributed by atoms with Gasteiger partial charge < -0.3 is 20.1 Å². The summed E-state index contributed by atoms with van der Waals surface area (Å²) in [7, 11) is 0. The predicted octanol–water partition coefficient (Wildman–Crippen LogP) is 2.07. The van der Waals surface area contributed by atoms with Crippen molar-refractivity contribution in [2.45, 2.75) is 51.3 Å². The van der Waals surface area contributed by atoms with E-state index >= 15 is 0 Å². The largest absolute Gasteiger partial charge is 0.474 e. The van der Waals surface area contributed by atoms with Crippen LogP contribution in [0.15, 0.2) is 18.3 Å². The van der Waals surface area contributed by atoms with Crippen molar-refractivity contribution in [2.24, 2.45) is 5.92 Å². The lowest BCUT2D eigenvalue weighted by molar-refractivity contribution is -0.126. The summed E-state index contributed by atoms with van der Waals surface area (Å²) in [5.74, 6) is 0.886. The van der Waals surface area contributed by atoms with Gasteiger partial charge in [-0.1, -0.05) is 0 Å². The zero-order chi connectivity index (χ0) is 16.8. The Kier molecular flexibility index (Phi) is 7.93.